The lowest BCUT2D eigenvalue weighted by Crippen LogP contribution is -2.38. The smallest absolute Gasteiger partial charge is 0.255 e. The minimum absolute atomic E-state index is 0.151. The molecule has 2 aliphatic rings. The van der Waals surface area contributed by atoms with E-state index in [9.17, 15) is 4.79 Å². The Bertz CT molecular complexity index is 1410. The molecule has 0 atom stereocenters. The quantitative estimate of drug-likeness (QED) is 0.444. The van der Waals surface area contributed by atoms with Crippen LogP contribution in [0.3, 0.4) is 0 Å². The Labute approximate surface area is 216 Å². The van der Waals surface area contributed by atoms with Crippen LogP contribution in [-0.2, 0) is 9.47 Å². The first-order valence-corrected chi connectivity index (χ1v) is 12.8. The molecular formula is C29H31N5O3. The van der Waals surface area contributed by atoms with Crippen molar-refractivity contribution in [3.63, 3.8) is 0 Å². The molecule has 190 valence electrons. The lowest BCUT2D eigenvalue weighted by atomic mass is 10.1. The summed E-state index contributed by atoms with van der Waals surface area (Å²) in [5.74, 6) is 0.731. The summed E-state index contributed by atoms with van der Waals surface area (Å²) in [5, 5.41) is 3.17. The number of aryl methyl sites for hydroxylation is 1. The van der Waals surface area contributed by atoms with Crippen LogP contribution >= 0.6 is 0 Å². The van der Waals surface area contributed by atoms with Crippen molar-refractivity contribution in [2.24, 2.45) is 0 Å². The molecule has 0 spiro atoms. The Morgan fingerprint density at radius 3 is 2.24 bits per heavy atom. The van der Waals surface area contributed by atoms with Gasteiger partial charge in [-0.3, -0.25) is 9.36 Å². The van der Waals surface area contributed by atoms with E-state index in [1.54, 1.807) is 0 Å². The van der Waals surface area contributed by atoms with Crippen molar-refractivity contribution in [1.82, 2.24) is 9.55 Å². The monoisotopic (exact) mass is 497 g/mol. The van der Waals surface area contributed by atoms with Crippen LogP contribution in [0, 0.1) is 6.92 Å². The lowest BCUT2D eigenvalue weighted by Gasteiger charge is -2.33. The first-order chi connectivity index (χ1) is 18.2. The number of para-hydroxylation sites is 1. The zero-order chi connectivity index (χ0) is 25.2. The Hall–Kier alpha value is -3.88. The van der Waals surface area contributed by atoms with Gasteiger partial charge in [-0.15, -0.1) is 0 Å². The third kappa shape index (κ3) is 4.77. The van der Waals surface area contributed by atoms with Crippen LogP contribution in [0.4, 0.5) is 17.1 Å². The highest BCUT2D eigenvalue weighted by Crippen LogP contribution is 2.33. The molecule has 2 aliphatic heterocycles. The zero-order valence-electron chi connectivity index (χ0n) is 21.0. The number of benzene rings is 3. The fraction of sp³-hybridized carbons (Fsp3) is 0.310. The van der Waals surface area contributed by atoms with Gasteiger partial charge in [0.15, 0.2) is 0 Å². The number of rotatable bonds is 5. The molecule has 0 unspecified atom stereocenters. The topological polar surface area (TPSA) is 71.9 Å². The van der Waals surface area contributed by atoms with Crippen molar-refractivity contribution in [1.29, 1.82) is 0 Å². The van der Waals surface area contributed by atoms with Gasteiger partial charge in [0.2, 0.25) is 0 Å². The molecule has 3 heterocycles. The van der Waals surface area contributed by atoms with Crippen molar-refractivity contribution in [2.75, 3.05) is 67.7 Å². The van der Waals surface area contributed by atoms with Gasteiger partial charge in [-0.25, -0.2) is 4.98 Å². The maximum atomic E-state index is 13.4. The van der Waals surface area contributed by atoms with E-state index in [-0.39, 0.29) is 5.91 Å². The summed E-state index contributed by atoms with van der Waals surface area (Å²) in [6, 6.07) is 22.1. The highest BCUT2D eigenvalue weighted by Gasteiger charge is 2.20. The number of nitrogens with one attached hydrogen (secondary N) is 1. The number of aromatic nitrogens is 2. The molecule has 0 saturated carbocycles. The molecule has 1 N–H and O–H groups in total. The van der Waals surface area contributed by atoms with Crippen molar-refractivity contribution < 1.29 is 14.3 Å². The van der Waals surface area contributed by atoms with Crippen LogP contribution in [0.15, 0.2) is 66.7 Å². The fourth-order valence-corrected chi connectivity index (χ4v) is 5.15. The van der Waals surface area contributed by atoms with Gasteiger partial charge in [0.05, 0.1) is 48.8 Å². The summed E-state index contributed by atoms with van der Waals surface area (Å²) in [6.07, 6.45) is 0. The number of anilines is 3. The van der Waals surface area contributed by atoms with Crippen LogP contribution in [-0.4, -0.2) is 68.1 Å². The summed E-state index contributed by atoms with van der Waals surface area (Å²) in [6.45, 7) is 8.10. The third-order valence-corrected chi connectivity index (χ3v) is 7.06. The molecule has 0 bridgehead atoms. The Balaban J connectivity index is 1.29. The number of hydrogen-bond donors (Lipinski definition) is 1. The molecule has 2 fully saturated rings. The Morgan fingerprint density at radius 1 is 0.811 bits per heavy atom. The number of hydrogen-bond acceptors (Lipinski definition) is 6. The van der Waals surface area contributed by atoms with Crippen molar-refractivity contribution >= 4 is 34.0 Å². The summed E-state index contributed by atoms with van der Waals surface area (Å²) < 4.78 is 13.2. The van der Waals surface area contributed by atoms with E-state index in [4.69, 9.17) is 14.5 Å². The molecule has 0 aliphatic carbocycles. The average molecular weight is 498 g/mol. The first-order valence-electron chi connectivity index (χ1n) is 12.8. The second-order valence-corrected chi connectivity index (χ2v) is 9.39. The lowest BCUT2D eigenvalue weighted by molar-refractivity contribution is 0.102. The molecule has 1 amide bonds. The minimum Gasteiger partial charge on any atom is -0.378 e. The van der Waals surface area contributed by atoms with Gasteiger partial charge in [-0.05, 0) is 55.5 Å². The largest absolute Gasteiger partial charge is 0.378 e. The molecule has 6 rings (SSSR count). The predicted molar refractivity (Wildman–Crippen MR) is 146 cm³/mol. The van der Waals surface area contributed by atoms with E-state index in [0.29, 0.717) is 18.8 Å². The minimum atomic E-state index is -0.151. The van der Waals surface area contributed by atoms with Gasteiger partial charge < -0.3 is 24.6 Å². The van der Waals surface area contributed by atoms with E-state index in [1.807, 2.05) is 49.4 Å². The van der Waals surface area contributed by atoms with Crippen molar-refractivity contribution in [3.8, 4) is 5.69 Å². The number of amides is 1. The normalized spacial score (nSPS) is 16.2. The number of fused-ring (bicyclic) bond motifs is 1. The maximum Gasteiger partial charge on any atom is 0.255 e. The van der Waals surface area contributed by atoms with E-state index >= 15 is 0 Å². The molecule has 8 nitrogen and oxygen atoms in total. The van der Waals surface area contributed by atoms with Gasteiger partial charge in [-0.1, -0.05) is 18.2 Å². The molecule has 0 radical (unpaired) electrons. The molecule has 1 aromatic heterocycles. The summed E-state index contributed by atoms with van der Waals surface area (Å²) >= 11 is 0. The van der Waals surface area contributed by atoms with Crippen LogP contribution in [0.25, 0.3) is 16.7 Å². The first kappa shape index (κ1) is 23.5. The second kappa shape index (κ2) is 10.2. The molecule has 3 aromatic carbocycles. The van der Waals surface area contributed by atoms with E-state index in [1.165, 1.54) is 0 Å². The number of nitrogens with zero attached hydrogens (tertiary/aromatic N) is 4. The van der Waals surface area contributed by atoms with Gasteiger partial charge in [-0.2, -0.15) is 0 Å². The predicted octanol–water partition coefficient (Wildman–Crippen LogP) is 4.26. The van der Waals surface area contributed by atoms with Gasteiger partial charge in [0, 0.05) is 43.1 Å². The summed E-state index contributed by atoms with van der Waals surface area (Å²) in [4.78, 5) is 22.8. The Kier molecular flexibility index (Phi) is 6.51. The number of ether oxygens (including phenoxy) is 2. The standard InChI is InChI=1S/C29H31N5O3/c1-21-30-26-19-22(7-10-27(26)34(21)23-5-3-2-4-6-23)29(35)31-25-9-8-24(32-11-15-36-16-12-32)20-28(25)33-13-17-37-18-14-33/h2-10,19-20H,11-18H2,1H3,(H,31,35). The van der Waals surface area contributed by atoms with E-state index in [2.05, 4.69) is 43.9 Å². The average Bonchev–Trinajstić information content (AvgIpc) is 3.29. The SMILES string of the molecule is Cc1nc2cc(C(=O)Nc3ccc(N4CCOCC4)cc3N3CCOCC3)ccc2n1-c1ccccc1. The number of carbonyl (C=O) groups excluding carboxylic acids is 1. The van der Waals surface area contributed by atoms with Gasteiger partial charge in [0.1, 0.15) is 5.82 Å². The van der Waals surface area contributed by atoms with Crippen LogP contribution in [0.5, 0.6) is 0 Å². The number of imidazole rings is 1. The highest BCUT2D eigenvalue weighted by molar-refractivity contribution is 6.07. The van der Waals surface area contributed by atoms with E-state index < -0.39 is 0 Å². The molecule has 37 heavy (non-hydrogen) atoms. The van der Waals surface area contributed by atoms with Crippen LogP contribution < -0.4 is 15.1 Å². The number of carbonyl (C=O) groups is 1. The highest BCUT2D eigenvalue weighted by atomic mass is 16.5. The van der Waals surface area contributed by atoms with Crippen molar-refractivity contribution in [2.45, 2.75) is 6.92 Å². The second-order valence-electron chi connectivity index (χ2n) is 9.39. The van der Waals surface area contributed by atoms with Crippen LogP contribution in [0.2, 0.25) is 0 Å². The summed E-state index contributed by atoms with van der Waals surface area (Å²) in [5.41, 5.74) is 6.37. The molecule has 4 aromatic rings. The summed E-state index contributed by atoms with van der Waals surface area (Å²) in [7, 11) is 0. The number of morpholine rings is 2. The van der Waals surface area contributed by atoms with Gasteiger partial charge in [0.25, 0.3) is 5.91 Å². The molecule has 8 heteroatoms. The Morgan fingerprint density at radius 2 is 1.51 bits per heavy atom. The molecular weight excluding hydrogens is 466 g/mol. The fourth-order valence-electron chi connectivity index (χ4n) is 5.15. The van der Waals surface area contributed by atoms with E-state index in [0.717, 1.165) is 79.0 Å². The van der Waals surface area contributed by atoms with Crippen LogP contribution in [0.1, 0.15) is 16.2 Å². The maximum absolute atomic E-state index is 13.4. The zero-order valence-corrected chi connectivity index (χ0v) is 21.0. The van der Waals surface area contributed by atoms with Crippen molar-refractivity contribution in [3.05, 3.63) is 78.1 Å². The van der Waals surface area contributed by atoms with Gasteiger partial charge >= 0.3 is 0 Å². The third-order valence-electron chi connectivity index (χ3n) is 7.06. The molecule has 2 saturated heterocycles.